The van der Waals surface area contributed by atoms with Crippen LogP contribution in [0.5, 0.6) is 0 Å². The first kappa shape index (κ1) is 19.9. The van der Waals surface area contributed by atoms with Crippen LogP contribution in [-0.2, 0) is 0 Å². The summed E-state index contributed by atoms with van der Waals surface area (Å²) in [5, 5.41) is 16.2. The number of nitrogens with one attached hydrogen (secondary N) is 1. The molecule has 0 unspecified atom stereocenters. The molecule has 7 heteroatoms. The van der Waals surface area contributed by atoms with Crippen molar-refractivity contribution >= 4 is 34.3 Å². The highest BCUT2D eigenvalue weighted by Crippen LogP contribution is 2.16. The lowest BCUT2D eigenvalue weighted by molar-refractivity contribution is -0.384. The van der Waals surface area contributed by atoms with Crippen LogP contribution in [0.1, 0.15) is 16.8 Å². The summed E-state index contributed by atoms with van der Waals surface area (Å²) < 4.78 is 0. The number of para-hydroxylation sites is 1. The number of rotatable bonds is 5. The number of nitro benzene ring substituents is 1. The minimum atomic E-state index is -0.436. The van der Waals surface area contributed by atoms with E-state index in [0.717, 1.165) is 22.2 Å². The molecule has 4 rings (SSSR count). The smallest absolute Gasteiger partial charge is 0.260 e. The van der Waals surface area contributed by atoms with Gasteiger partial charge in [-0.25, -0.2) is 9.98 Å². The monoisotopic (exact) mass is 409 g/mol. The van der Waals surface area contributed by atoms with Gasteiger partial charge < -0.3 is 0 Å². The predicted octanol–water partition coefficient (Wildman–Crippen LogP) is 5.15. The molecule has 0 saturated carbocycles. The molecule has 0 fully saturated rings. The Morgan fingerprint density at radius 1 is 1.00 bits per heavy atom. The molecule has 0 radical (unpaired) electrons. The average Bonchev–Trinajstić information content (AvgIpc) is 2.79. The lowest BCUT2D eigenvalue weighted by Gasteiger charge is -2.07. The van der Waals surface area contributed by atoms with E-state index in [1.54, 1.807) is 12.1 Å². The second-order valence-electron chi connectivity index (χ2n) is 6.91. The highest BCUT2D eigenvalue weighted by molar-refractivity contribution is 6.00. The van der Waals surface area contributed by atoms with E-state index in [2.05, 4.69) is 15.5 Å². The molecule has 0 spiro atoms. The molecule has 1 N–H and O–H groups in total. The van der Waals surface area contributed by atoms with E-state index in [0.29, 0.717) is 17.1 Å². The number of hydrogen-bond acceptors (Lipinski definition) is 5. The molecule has 0 saturated heterocycles. The largest absolute Gasteiger partial charge is 0.270 e. The molecule has 152 valence electrons. The van der Waals surface area contributed by atoms with Crippen LogP contribution in [0, 0.1) is 17.0 Å². The van der Waals surface area contributed by atoms with E-state index < -0.39 is 4.92 Å². The van der Waals surface area contributed by atoms with Crippen molar-refractivity contribution in [3.8, 4) is 0 Å². The number of hydrogen-bond donors (Lipinski definition) is 1. The van der Waals surface area contributed by atoms with Crippen LogP contribution in [0.15, 0.2) is 95.0 Å². The number of benzene rings is 3. The van der Waals surface area contributed by atoms with Gasteiger partial charge in [0, 0.05) is 23.1 Å². The van der Waals surface area contributed by atoms with E-state index in [4.69, 9.17) is 4.98 Å². The molecule has 0 bridgehead atoms. The number of non-ortho nitro benzene ring substituents is 1. The molecule has 7 nitrogen and oxygen atoms in total. The van der Waals surface area contributed by atoms with Crippen LogP contribution in [0.2, 0.25) is 0 Å². The maximum atomic E-state index is 11.0. The highest BCUT2D eigenvalue weighted by Gasteiger charge is 2.07. The van der Waals surface area contributed by atoms with Crippen molar-refractivity contribution < 1.29 is 4.92 Å². The summed E-state index contributed by atoms with van der Waals surface area (Å²) in [4.78, 5) is 19.9. The first-order chi connectivity index (χ1) is 15.1. The average molecular weight is 409 g/mol. The van der Waals surface area contributed by atoms with Gasteiger partial charge >= 0.3 is 0 Å². The SMILES string of the molecule is Cc1ccc(N=C(N/N=C/c2cccc([N+](=O)[O-])c2)c2ccc3ccccc3n2)cc1. The molecule has 0 aliphatic heterocycles. The number of fused-ring (bicyclic) bond motifs is 1. The molecule has 3 aromatic carbocycles. The van der Waals surface area contributed by atoms with Crippen molar-refractivity contribution in [3.05, 3.63) is 112 Å². The van der Waals surface area contributed by atoms with Crippen LogP contribution in [0.4, 0.5) is 11.4 Å². The van der Waals surface area contributed by atoms with Gasteiger partial charge in [-0.15, -0.1) is 0 Å². The third kappa shape index (κ3) is 4.97. The Morgan fingerprint density at radius 3 is 2.61 bits per heavy atom. The second-order valence-corrected chi connectivity index (χ2v) is 6.91. The van der Waals surface area contributed by atoms with Crippen molar-refractivity contribution in [2.75, 3.05) is 0 Å². The molecule has 4 aromatic rings. The third-order valence-corrected chi connectivity index (χ3v) is 4.58. The summed E-state index contributed by atoms with van der Waals surface area (Å²) in [5.41, 5.74) is 6.94. The van der Waals surface area contributed by atoms with Crippen LogP contribution < -0.4 is 5.43 Å². The number of hydrazone groups is 1. The van der Waals surface area contributed by atoms with Gasteiger partial charge in [0.2, 0.25) is 0 Å². The summed E-state index contributed by atoms with van der Waals surface area (Å²) in [5.74, 6) is 0.469. The number of pyridine rings is 1. The first-order valence-corrected chi connectivity index (χ1v) is 9.63. The molecule has 0 atom stereocenters. The Kier molecular flexibility index (Phi) is 5.75. The summed E-state index contributed by atoms with van der Waals surface area (Å²) in [6, 6.07) is 25.7. The molecule has 0 aliphatic rings. The van der Waals surface area contributed by atoms with E-state index in [1.165, 1.54) is 18.3 Å². The van der Waals surface area contributed by atoms with Gasteiger partial charge in [-0.05, 0) is 31.2 Å². The van der Waals surface area contributed by atoms with Crippen molar-refractivity contribution in [1.82, 2.24) is 10.4 Å². The maximum Gasteiger partial charge on any atom is 0.270 e. The minimum Gasteiger partial charge on any atom is -0.260 e. The van der Waals surface area contributed by atoms with Gasteiger partial charge in [-0.1, -0.05) is 54.1 Å². The molecule has 0 aliphatic carbocycles. The Hall–Kier alpha value is -4.39. The number of nitrogens with zero attached hydrogens (tertiary/aromatic N) is 4. The lowest BCUT2D eigenvalue weighted by Crippen LogP contribution is -2.20. The zero-order chi connectivity index (χ0) is 21.6. The molecule has 1 aromatic heterocycles. The number of aromatic nitrogens is 1. The quantitative estimate of drug-likeness (QED) is 0.213. The Labute approximate surface area is 179 Å². The van der Waals surface area contributed by atoms with E-state index in [1.807, 2.05) is 67.6 Å². The van der Waals surface area contributed by atoms with Crippen LogP contribution in [-0.4, -0.2) is 22.0 Å². The Balaban J connectivity index is 1.67. The van der Waals surface area contributed by atoms with Crippen LogP contribution in [0.25, 0.3) is 10.9 Å². The maximum absolute atomic E-state index is 11.0. The Morgan fingerprint density at radius 2 is 1.81 bits per heavy atom. The number of nitro groups is 1. The van der Waals surface area contributed by atoms with Gasteiger partial charge in [-0.3, -0.25) is 15.5 Å². The summed E-state index contributed by atoms with van der Waals surface area (Å²) in [6.07, 6.45) is 1.51. The fraction of sp³-hybridized carbons (Fsp3) is 0.0417. The van der Waals surface area contributed by atoms with Crippen molar-refractivity contribution in [2.24, 2.45) is 10.1 Å². The molecule has 31 heavy (non-hydrogen) atoms. The number of aryl methyl sites for hydroxylation is 1. The standard InChI is InChI=1S/C24H19N5O2/c1-17-9-12-20(13-10-17)26-24(23-14-11-19-6-2-3-8-22(19)27-23)28-25-16-18-5-4-7-21(15-18)29(30)31/h2-16H,1H3,(H,26,28)/b25-16+. The highest BCUT2D eigenvalue weighted by atomic mass is 16.6. The minimum absolute atomic E-state index is 0.00805. The van der Waals surface area contributed by atoms with Crippen molar-refractivity contribution in [3.63, 3.8) is 0 Å². The zero-order valence-corrected chi connectivity index (χ0v) is 16.8. The summed E-state index contributed by atoms with van der Waals surface area (Å²) in [6.45, 7) is 2.01. The topological polar surface area (TPSA) is 92.8 Å². The van der Waals surface area contributed by atoms with Crippen molar-refractivity contribution in [2.45, 2.75) is 6.92 Å². The van der Waals surface area contributed by atoms with Gasteiger partial charge in [0.25, 0.3) is 5.69 Å². The van der Waals surface area contributed by atoms with Crippen LogP contribution in [0.3, 0.4) is 0 Å². The van der Waals surface area contributed by atoms with Gasteiger partial charge in [0.05, 0.1) is 22.3 Å². The third-order valence-electron chi connectivity index (χ3n) is 4.58. The first-order valence-electron chi connectivity index (χ1n) is 9.63. The van der Waals surface area contributed by atoms with E-state index in [-0.39, 0.29) is 5.69 Å². The molecular formula is C24H19N5O2. The summed E-state index contributed by atoms with van der Waals surface area (Å²) >= 11 is 0. The number of aliphatic imine (C=N–C) groups is 1. The second kappa shape index (κ2) is 8.96. The predicted molar refractivity (Wildman–Crippen MR) is 123 cm³/mol. The molecule has 1 heterocycles. The zero-order valence-electron chi connectivity index (χ0n) is 16.8. The molecule has 0 amide bonds. The van der Waals surface area contributed by atoms with Gasteiger partial charge in [0.15, 0.2) is 5.84 Å². The summed E-state index contributed by atoms with van der Waals surface area (Å²) in [7, 11) is 0. The Bertz CT molecular complexity index is 1300. The van der Waals surface area contributed by atoms with Gasteiger partial charge in [-0.2, -0.15) is 5.10 Å². The van der Waals surface area contributed by atoms with Gasteiger partial charge in [0.1, 0.15) is 5.69 Å². The van der Waals surface area contributed by atoms with E-state index >= 15 is 0 Å². The lowest BCUT2D eigenvalue weighted by atomic mass is 10.2. The number of amidine groups is 1. The normalized spacial score (nSPS) is 11.7. The fourth-order valence-electron chi connectivity index (χ4n) is 2.97. The van der Waals surface area contributed by atoms with Crippen LogP contribution >= 0.6 is 0 Å². The fourth-order valence-corrected chi connectivity index (χ4v) is 2.97. The molecular weight excluding hydrogens is 390 g/mol. The van der Waals surface area contributed by atoms with Crippen molar-refractivity contribution in [1.29, 1.82) is 0 Å². The van der Waals surface area contributed by atoms with E-state index in [9.17, 15) is 10.1 Å².